The number of carbonyl (C=O) groups is 2. The van der Waals surface area contributed by atoms with Gasteiger partial charge >= 0.3 is 0 Å². The van der Waals surface area contributed by atoms with E-state index in [0.717, 1.165) is 12.8 Å². The summed E-state index contributed by atoms with van der Waals surface area (Å²) in [5.41, 5.74) is 0.266. The van der Waals surface area contributed by atoms with Gasteiger partial charge in [0.1, 0.15) is 24.1 Å². The summed E-state index contributed by atoms with van der Waals surface area (Å²) in [4.78, 5) is 45.9. The van der Waals surface area contributed by atoms with Gasteiger partial charge in [-0.2, -0.15) is 0 Å². The van der Waals surface area contributed by atoms with Crippen LogP contribution in [0.25, 0.3) is 10.2 Å². The standard InChI is InChI=1S/C25H28N4O5S/c1-15-7-9-28(10-8-15)20(30)12-29-14-27-24-21(25(29)32)16(2)22(35-24)23(31)26-11-17-13-33-18-5-3-4-6-19(18)34-17/h3-6,14-15,17H,7-13H2,1-2H3,(H,26,31)/t17-/m0/s1. The predicted molar refractivity (Wildman–Crippen MR) is 132 cm³/mol. The minimum absolute atomic E-state index is 0.0482. The number of aromatic nitrogens is 2. The van der Waals surface area contributed by atoms with Crippen LogP contribution in [0.2, 0.25) is 0 Å². The topological polar surface area (TPSA) is 103 Å². The molecule has 2 aliphatic rings. The molecule has 4 heterocycles. The van der Waals surface area contributed by atoms with Crippen LogP contribution in [-0.2, 0) is 11.3 Å². The Labute approximate surface area is 206 Å². The summed E-state index contributed by atoms with van der Waals surface area (Å²) in [5.74, 6) is 1.58. The molecule has 1 atom stereocenters. The Morgan fingerprint density at radius 3 is 2.71 bits per heavy atom. The SMILES string of the molecule is Cc1c(C(=O)NC[C@H]2COc3ccccc3O2)sc2ncn(CC(=O)N3CCC(C)CC3)c(=O)c12. The first-order valence-corrected chi connectivity index (χ1v) is 12.7. The summed E-state index contributed by atoms with van der Waals surface area (Å²) in [6, 6.07) is 7.41. The van der Waals surface area contributed by atoms with Gasteiger partial charge in [0.05, 0.1) is 23.1 Å². The molecule has 184 valence electrons. The van der Waals surface area contributed by atoms with Crippen LogP contribution < -0.4 is 20.3 Å². The molecule has 9 nitrogen and oxygen atoms in total. The van der Waals surface area contributed by atoms with E-state index < -0.39 is 0 Å². The maximum atomic E-state index is 13.2. The lowest BCUT2D eigenvalue weighted by Gasteiger charge is -2.30. The molecule has 0 spiro atoms. The average Bonchev–Trinajstić information content (AvgIpc) is 3.21. The van der Waals surface area contributed by atoms with Gasteiger partial charge < -0.3 is 19.7 Å². The van der Waals surface area contributed by atoms with E-state index in [9.17, 15) is 14.4 Å². The Hall–Kier alpha value is -3.40. The number of nitrogens with zero attached hydrogens (tertiary/aromatic N) is 3. The van der Waals surface area contributed by atoms with Crippen molar-refractivity contribution in [3.63, 3.8) is 0 Å². The van der Waals surface area contributed by atoms with Crippen molar-refractivity contribution in [3.05, 3.63) is 51.4 Å². The van der Waals surface area contributed by atoms with E-state index in [1.807, 2.05) is 29.2 Å². The van der Waals surface area contributed by atoms with Crippen LogP contribution in [0.1, 0.15) is 35.0 Å². The van der Waals surface area contributed by atoms with Crippen LogP contribution in [0.5, 0.6) is 11.5 Å². The van der Waals surface area contributed by atoms with Gasteiger partial charge in [0.2, 0.25) is 5.91 Å². The summed E-state index contributed by atoms with van der Waals surface area (Å²) >= 11 is 1.17. The van der Waals surface area contributed by atoms with Gasteiger partial charge in [-0.1, -0.05) is 19.1 Å². The normalized spacial score (nSPS) is 18.0. The van der Waals surface area contributed by atoms with Gasteiger partial charge in [0.15, 0.2) is 11.5 Å². The lowest BCUT2D eigenvalue weighted by molar-refractivity contribution is -0.133. The average molecular weight is 497 g/mol. The Kier molecular flexibility index (Phi) is 6.46. The van der Waals surface area contributed by atoms with Crippen LogP contribution >= 0.6 is 11.3 Å². The zero-order valence-corrected chi connectivity index (χ0v) is 20.6. The van der Waals surface area contributed by atoms with E-state index >= 15 is 0 Å². The Morgan fingerprint density at radius 2 is 1.94 bits per heavy atom. The monoisotopic (exact) mass is 496 g/mol. The Bertz CT molecular complexity index is 1330. The van der Waals surface area contributed by atoms with Crippen LogP contribution in [0.4, 0.5) is 0 Å². The third-order valence-electron chi connectivity index (χ3n) is 6.62. The zero-order chi connectivity index (χ0) is 24.5. The minimum atomic E-state index is -0.317. The summed E-state index contributed by atoms with van der Waals surface area (Å²) in [7, 11) is 0. The number of thiophene rings is 1. The number of para-hydroxylation sites is 2. The van der Waals surface area contributed by atoms with Crippen molar-refractivity contribution >= 4 is 33.4 Å². The van der Waals surface area contributed by atoms with E-state index in [-0.39, 0.29) is 36.6 Å². The van der Waals surface area contributed by atoms with E-state index in [2.05, 4.69) is 17.2 Å². The number of aryl methyl sites for hydroxylation is 1. The molecule has 0 radical (unpaired) electrons. The van der Waals surface area contributed by atoms with Gasteiger partial charge in [-0.25, -0.2) is 4.98 Å². The van der Waals surface area contributed by atoms with Crippen molar-refractivity contribution in [2.45, 2.75) is 39.3 Å². The van der Waals surface area contributed by atoms with Crippen LogP contribution in [0.15, 0.2) is 35.4 Å². The van der Waals surface area contributed by atoms with Gasteiger partial charge in [-0.15, -0.1) is 11.3 Å². The first-order chi connectivity index (χ1) is 16.9. The summed E-state index contributed by atoms with van der Waals surface area (Å²) in [6.45, 7) is 5.91. The molecule has 2 aliphatic heterocycles. The molecule has 10 heteroatoms. The van der Waals surface area contributed by atoms with Crippen molar-refractivity contribution in [2.24, 2.45) is 5.92 Å². The fourth-order valence-electron chi connectivity index (χ4n) is 4.44. The summed E-state index contributed by atoms with van der Waals surface area (Å²) in [6.07, 6.45) is 3.04. The molecule has 1 saturated heterocycles. The molecule has 0 aliphatic carbocycles. The number of ether oxygens (including phenoxy) is 2. The smallest absolute Gasteiger partial charge is 0.262 e. The van der Waals surface area contributed by atoms with E-state index in [1.54, 1.807) is 6.92 Å². The summed E-state index contributed by atoms with van der Waals surface area (Å²) < 4.78 is 12.9. The molecule has 5 rings (SSSR count). The van der Waals surface area contributed by atoms with Crippen molar-refractivity contribution in [3.8, 4) is 11.5 Å². The zero-order valence-electron chi connectivity index (χ0n) is 19.8. The number of likely N-dealkylation sites (tertiary alicyclic amines) is 1. The largest absolute Gasteiger partial charge is 0.486 e. The molecule has 2 aromatic heterocycles. The van der Waals surface area contributed by atoms with Gasteiger partial charge in [0, 0.05) is 13.1 Å². The third kappa shape index (κ3) is 4.75. The van der Waals surface area contributed by atoms with Crippen molar-refractivity contribution in [1.29, 1.82) is 0 Å². The predicted octanol–water partition coefficient (Wildman–Crippen LogP) is 2.59. The lowest BCUT2D eigenvalue weighted by Crippen LogP contribution is -2.41. The number of carbonyl (C=O) groups excluding carboxylic acids is 2. The molecular formula is C25H28N4O5S. The minimum Gasteiger partial charge on any atom is -0.486 e. The third-order valence-corrected chi connectivity index (χ3v) is 7.82. The fourth-order valence-corrected chi connectivity index (χ4v) is 5.50. The lowest BCUT2D eigenvalue weighted by atomic mass is 9.99. The summed E-state index contributed by atoms with van der Waals surface area (Å²) in [5, 5.41) is 3.27. The number of hydrogen-bond donors (Lipinski definition) is 1. The van der Waals surface area contributed by atoms with Crippen molar-refractivity contribution in [1.82, 2.24) is 19.8 Å². The highest BCUT2D eigenvalue weighted by atomic mass is 32.1. The molecule has 0 unspecified atom stereocenters. The molecule has 0 saturated carbocycles. The van der Waals surface area contributed by atoms with Gasteiger partial charge in [-0.05, 0) is 43.4 Å². The van der Waals surface area contributed by atoms with Gasteiger partial charge in [0.25, 0.3) is 11.5 Å². The highest BCUT2D eigenvalue weighted by Gasteiger charge is 2.25. The van der Waals surface area contributed by atoms with E-state index in [0.29, 0.717) is 57.8 Å². The quantitative estimate of drug-likeness (QED) is 0.583. The highest BCUT2D eigenvalue weighted by molar-refractivity contribution is 7.20. The second-order valence-electron chi connectivity index (χ2n) is 9.18. The fraction of sp³-hybridized carbons (Fsp3) is 0.440. The highest BCUT2D eigenvalue weighted by Crippen LogP contribution is 2.31. The maximum Gasteiger partial charge on any atom is 0.262 e. The number of nitrogens with one attached hydrogen (secondary N) is 1. The number of fused-ring (bicyclic) bond motifs is 2. The van der Waals surface area contributed by atoms with E-state index in [4.69, 9.17) is 9.47 Å². The Morgan fingerprint density at radius 1 is 1.20 bits per heavy atom. The first-order valence-electron chi connectivity index (χ1n) is 11.8. The number of piperidine rings is 1. The molecule has 1 aromatic carbocycles. The molecule has 1 fully saturated rings. The number of hydrogen-bond acceptors (Lipinski definition) is 7. The Balaban J connectivity index is 1.27. The molecule has 3 aromatic rings. The number of amides is 2. The molecule has 35 heavy (non-hydrogen) atoms. The van der Waals surface area contributed by atoms with Gasteiger partial charge in [-0.3, -0.25) is 19.0 Å². The van der Waals surface area contributed by atoms with Crippen molar-refractivity contribution < 1.29 is 19.1 Å². The van der Waals surface area contributed by atoms with Crippen LogP contribution in [0, 0.1) is 12.8 Å². The van der Waals surface area contributed by atoms with Crippen molar-refractivity contribution in [2.75, 3.05) is 26.2 Å². The molecule has 2 amide bonds. The number of benzene rings is 1. The first kappa shape index (κ1) is 23.3. The van der Waals surface area contributed by atoms with E-state index in [1.165, 1.54) is 22.2 Å². The second-order valence-corrected chi connectivity index (χ2v) is 10.2. The molecular weight excluding hydrogens is 468 g/mol. The molecule has 1 N–H and O–H groups in total. The molecule has 0 bridgehead atoms. The number of rotatable bonds is 5. The van der Waals surface area contributed by atoms with Crippen LogP contribution in [0.3, 0.4) is 0 Å². The van der Waals surface area contributed by atoms with Crippen LogP contribution in [-0.4, -0.2) is 58.6 Å². The second kappa shape index (κ2) is 9.69. The maximum absolute atomic E-state index is 13.2.